The molecular weight excluding hydrogens is 593 g/mol. The minimum Gasteiger partial charge on any atom is -0.399 e. The van der Waals surface area contributed by atoms with E-state index in [1.165, 1.54) is 22.4 Å². The van der Waals surface area contributed by atoms with Crippen molar-refractivity contribution in [2.45, 2.75) is 13.8 Å². The van der Waals surface area contributed by atoms with Gasteiger partial charge in [0.1, 0.15) is 0 Å². The van der Waals surface area contributed by atoms with Gasteiger partial charge in [0.25, 0.3) is 0 Å². The number of rotatable bonds is 2. The number of nitrogens with one attached hydrogen (secondary N) is 1. The zero-order valence-corrected chi connectivity index (χ0v) is 20.4. The van der Waals surface area contributed by atoms with Crippen molar-refractivity contribution >= 4 is 10.8 Å². The number of hydrogen-bond donors (Lipinski definition) is 1. The second kappa shape index (κ2) is 10.8. The molecule has 6 nitrogen and oxygen atoms in total. The Hall–Kier alpha value is -3.67. The van der Waals surface area contributed by atoms with Gasteiger partial charge in [-0.05, 0) is 46.4 Å². The molecule has 0 saturated heterocycles. The smallest absolute Gasteiger partial charge is 0.171 e. The zero-order valence-electron chi connectivity index (χ0n) is 18.0. The first-order valence-electron chi connectivity index (χ1n) is 10.0. The van der Waals surface area contributed by atoms with E-state index in [1.54, 1.807) is 24.4 Å². The summed E-state index contributed by atoms with van der Waals surface area (Å²) in [5.41, 5.74) is 4.17. The largest absolute Gasteiger partial charge is 0.399 e. The van der Waals surface area contributed by atoms with E-state index in [0.717, 1.165) is 16.8 Å². The van der Waals surface area contributed by atoms with Crippen LogP contribution in [0.5, 0.6) is 0 Å². The first-order chi connectivity index (χ1) is 15.5. The summed E-state index contributed by atoms with van der Waals surface area (Å²) in [6, 6.07) is 24.5. The molecule has 3 heterocycles. The van der Waals surface area contributed by atoms with Crippen LogP contribution in [0.3, 0.4) is 0 Å². The second-order valence-electron chi connectivity index (χ2n) is 7.29. The van der Waals surface area contributed by atoms with E-state index < -0.39 is 11.2 Å². The van der Waals surface area contributed by atoms with E-state index in [9.17, 15) is 9.59 Å². The Bertz CT molecular complexity index is 1440. The van der Waals surface area contributed by atoms with Gasteiger partial charge < -0.3 is 15.0 Å². The summed E-state index contributed by atoms with van der Waals surface area (Å²) in [6.07, 6.45) is 3.44. The molecule has 1 N–H and O–H groups in total. The van der Waals surface area contributed by atoms with Gasteiger partial charge in [-0.1, -0.05) is 44.2 Å². The van der Waals surface area contributed by atoms with Crippen LogP contribution in [-0.4, -0.2) is 15.0 Å². The molecule has 0 unspecified atom stereocenters. The van der Waals surface area contributed by atoms with E-state index in [4.69, 9.17) is 0 Å². The zero-order chi connectivity index (χ0) is 22.5. The third-order valence-electron chi connectivity index (χ3n) is 4.72. The van der Waals surface area contributed by atoms with Gasteiger partial charge in [-0.25, -0.2) is 0 Å². The van der Waals surface area contributed by atoms with Crippen LogP contribution in [0.25, 0.3) is 33.4 Å². The summed E-state index contributed by atoms with van der Waals surface area (Å²) in [6.45, 7) is 4.18. The average molecular weight is 613 g/mol. The summed E-state index contributed by atoms with van der Waals surface area (Å²) in [7, 11) is 0. The summed E-state index contributed by atoms with van der Waals surface area (Å²) in [4.78, 5) is 36.0. The van der Waals surface area contributed by atoms with Crippen molar-refractivity contribution in [1.29, 1.82) is 0 Å². The van der Waals surface area contributed by atoms with E-state index >= 15 is 0 Å². The SMILES string of the molecule is Cc1[c-]c(-c2nccc3ccccc23)cc(C)c1.O=c1cc(-c2ccccn2)[n-]c(=O)[nH]1.[Ir]. The maximum Gasteiger partial charge on any atom is 0.171 e. The van der Waals surface area contributed by atoms with Crippen molar-refractivity contribution < 1.29 is 20.1 Å². The van der Waals surface area contributed by atoms with Gasteiger partial charge in [0.05, 0.1) is 5.69 Å². The molecule has 0 amide bonds. The third-order valence-corrected chi connectivity index (χ3v) is 4.72. The van der Waals surface area contributed by atoms with E-state index in [0.29, 0.717) is 11.4 Å². The molecule has 0 saturated carbocycles. The fourth-order valence-electron chi connectivity index (χ4n) is 3.44. The van der Waals surface area contributed by atoms with Gasteiger partial charge in [0.15, 0.2) is 11.2 Å². The molecule has 1 radical (unpaired) electrons. The number of fused-ring (bicyclic) bond motifs is 1. The number of aromatic nitrogens is 4. The number of aryl methyl sites for hydroxylation is 2. The van der Waals surface area contributed by atoms with Crippen LogP contribution < -0.4 is 16.2 Å². The topological polar surface area (TPSA) is 89.8 Å². The Kier molecular flexibility index (Phi) is 7.82. The number of nitrogens with zero attached hydrogens (tertiary/aromatic N) is 3. The van der Waals surface area contributed by atoms with Crippen LogP contribution in [-0.2, 0) is 20.1 Å². The van der Waals surface area contributed by atoms with E-state index in [1.807, 2.05) is 17.2 Å². The summed E-state index contributed by atoms with van der Waals surface area (Å²) in [5.74, 6) is 0. The maximum absolute atomic E-state index is 11.0. The third kappa shape index (κ3) is 5.98. The molecule has 0 aliphatic heterocycles. The fourth-order valence-corrected chi connectivity index (χ4v) is 3.44. The first-order valence-corrected chi connectivity index (χ1v) is 10.0. The van der Waals surface area contributed by atoms with Crippen molar-refractivity contribution in [3.63, 3.8) is 0 Å². The molecule has 0 aliphatic carbocycles. The molecule has 0 bridgehead atoms. The average Bonchev–Trinajstić information content (AvgIpc) is 2.78. The Morgan fingerprint density at radius 1 is 0.879 bits per heavy atom. The van der Waals surface area contributed by atoms with Crippen molar-refractivity contribution in [2.24, 2.45) is 0 Å². The van der Waals surface area contributed by atoms with E-state index in [-0.39, 0.29) is 20.1 Å². The Morgan fingerprint density at radius 2 is 1.67 bits per heavy atom. The van der Waals surface area contributed by atoms with Crippen LogP contribution >= 0.6 is 0 Å². The quantitative estimate of drug-likeness (QED) is 0.304. The molecule has 5 aromatic rings. The van der Waals surface area contributed by atoms with Crippen LogP contribution in [0.2, 0.25) is 0 Å². The number of hydrogen-bond acceptors (Lipinski definition) is 4. The molecule has 2 aromatic carbocycles. The van der Waals surface area contributed by atoms with Crippen LogP contribution in [0.15, 0.2) is 88.7 Å². The van der Waals surface area contributed by atoms with Gasteiger partial charge >= 0.3 is 0 Å². The molecule has 0 aliphatic rings. The Morgan fingerprint density at radius 3 is 2.39 bits per heavy atom. The van der Waals surface area contributed by atoms with Crippen LogP contribution in [0, 0.1) is 19.9 Å². The standard InChI is InChI=1S/C17H14N.C9H7N3O2.Ir/c1-12-9-13(2)11-15(10-12)17-16-6-4-3-5-14(16)7-8-18-17;13-8-5-7(11-9(14)12-8)6-3-1-2-4-10-6;/h3-10H,1-2H3;1-5H,(H2,11,12,13,14);/q-1;;/p-1. The molecule has 3 aromatic heterocycles. The van der Waals surface area contributed by atoms with Crippen LogP contribution in [0.1, 0.15) is 11.1 Å². The molecule has 0 spiro atoms. The molecule has 0 atom stereocenters. The minimum absolute atomic E-state index is 0. The predicted octanol–water partition coefficient (Wildman–Crippen LogP) is 4.07. The minimum atomic E-state index is -0.654. The molecule has 33 heavy (non-hydrogen) atoms. The summed E-state index contributed by atoms with van der Waals surface area (Å²) < 4.78 is 0. The molecule has 5 rings (SSSR count). The van der Waals surface area contributed by atoms with E-state index in [2.05, 4.69) is 71.3 Å². The van der Waals surface area contributed by atoms with Crippen molar-refractivity contribution in [3.8, 4) is 22.6 Å². The number of H-pyrrole nitrogens is 1. The van der Waals surface area contributed by atoms with Crippen molar-refractivity contribution in [2.75, 3.05) is 0 Å². The van der Waals surface area contributed by atoms with Gasteiger partial charge in [-0.3, -0.25) is 14.6 Å². The van der Waals surface area contributed by atoms with Crippen molar-refractivity contribution in [3.05, 3.63) is 117 Å². The first kappa shape index (κ1) is 24.0. The molecule has 7 heteroatoms. The number of benzene rings is 2. The van der Waals surface area contributed by atoms with Crippen molar-refractivity contribution in [1.82, 2.24) is 19.9 Å². The summed E-state index contributed by atoms with van der Waals surface area (Å²) in [5, 5.41) is 2.40. The molecular formula is C26H20IrN4O2-2. The second-order valence-corrected chi connectivity index (χ2v) is 7.29. The van der Waals surface area contributed by atoms with Crippen LogP contribution in [0.4, 0.5) is 0 Å². The Labute approximate surface area is 204 Å². The number of pyridine rings is 2. The summed E-state index contributed by atoms with van der Waals surface area (Å²) >= 11 is 0. The number of aromatic amines is 1. The fraction of sp³-hybridized carbons (Fsp3) is 0.0769. The van der Waals surface area contributed by atoms with Gasteiger partial charge in [0, 0.05) is 32.5 Å². The monoisotopic (exact) mass is 613 g/mol. The molecule has 167 valence electrons. The van der Waals surface area contributed by atoms with Gasteiger partial charge in [-0.15, -0.1) is 34.9 Å². The maximum atomic E-state index is 11.0. The normalized spacial score (nSPS) is 10.1. The molecule has 0 fully saturated rings. The van der Waals surface area contributed by atoms with Gasteiger partial charge in [-0.2, -0.15) is 0 Å². The predicted molar refractivity (Wildman–Crippen MR) is 125 cm³/mol. The Balaban J connectivity index is 0.000000186. The van der Waals surface area contributed by atoms with Gasteiger partial charge in [0.2, 0.25) is 0 Å².